The van der Waals surface area contributed by atoms with E-state index in [1.807, 2.05) is 0 Å². The van der Waals surface area contributed by atoms with E-state index in [2.05, 4.69) is 26.3 Å². The zero-order valence-electron chi connectivity index (χ0n) is 14.0. The first kappa shape index (κ1) is 18.1. The van der Waals surface area contributed by atoms with E-state index in [9.17, 15) is 14.0 Å². The van der Waals surface area contributed by atoms with E-state index in [0.29, 0.717) is 20.8 Å². The van der Waals surface area contributed by atoms with Gasteiger partial charge >= 0.3 is 6.03 Å². The van der Waals surface area contributed by atoms with E-state index in [-0.39, 0.29) is 5.56 Å². The predicted molar refractivity (Wildman–Crippen MR) is 97.4 cm³/mol. The molecule has 1 atom stereocenters. The largest absolute Gasteiger partial charge is 0.497 e. The van der Waals surface area contributed by atoms with Crippen LogP contribution in [0.1, 0.15) is 18.1 Å². The monoisotopic (exact) mass is 419 g/mol. The van der Waals surface area contributed by atoms with Crippen LogP contribution in [-0.4, -0.2) is 30.3 Å². The molecule has 1 heterocycles. The van der Waals surface area contributed by atoms with Gasteiger partial charge in [-0.25, -0.2) is 9.18 Å². The molecule has 2 aromatic carbocycles. The van der Waals surface area contributed by atoms with Crippen molar-refractivity contribution >= 4 is 34.1 Å². The van der Waals surface area contributed by atoms with Gasteiger partial charge < -0.3 is 10.1 Å². The van der Waals surface area contributed by atoms with E-state index >= 15 is 0 Å². The molecule has 26 heavy (non-hydrogen) atoms. The lowest BCUT2D eigenvalue weighted by molar-refractivity contribution is -0.131. The lowest BCUT2D eigenvalue weighted by Crippen LogP contribution is -2.40. The summed E-state index contributed by atoms with van der Waals surface area (Å²) in [5.41, 5.74) is -0.530. The van der Waals surface area contributed by atoms with Gasteiger partial charge in [0.25, 0.3) is 5.91 Å². The number of methoxy groups -OCH3 is 1. The standard InChI is InChI=1S/C18H15BrFN3O3/c1-18(12-3-6-14(26-2)7-4-12)16(24)23(17(25)22-18)21-10-11-9-13(19)5-8-15(11)20/h3-10H,1-2H3,(H,22,25)/b21-10+. The summed E-state index contributed by atoms with van der Waals surface area (Å²) in [5.74, 6) is -0.435. The number of amides is 3. The molecular weight excluding hydrogens is 405 g/mol. The van der Waals surface area contributed by atoms with Crippen molar-refractivity contribution in [3.8, 4) is 5.75 Å². The van der Waals surface area contributed by atoms with Crippen molar-refractivity contribution in [2.75, 3.05) is 7.11 Å². The Morgan fingerprint density at radius 1 is 1.23 bits per heavy atom. The van der Waals surface area contributed by atoms with Crippen molar-refractivity contribution in [3.05, 3.63) is 63.9 Å². The van der Waals surface area contributed by atoms with Crippen molar-refractivity contribution in [2.45, 2.75) is 12.5 Å². The van der Waals surface area contributed by atoms with Gasteiger partial charge in [0.2, 0.25) is 0 Å². The van der Waals surface area contributed by atoms with Crippen LogP contribution in [0.15, 0.2) is 52.0 Å². The molecule has 0 aliphatic carbocycles. The van der Waals surface area contributed by atoms with Gasteiger partial charge in [0.1, 0.15) is 17.1 Å². The number of imide groups is 1. The van der Waals surface area contributed by atoms with Crippen LogP contribution in [0.2, 0.25) is 0 Å². The van der Waals surface area contributed by atoms with Gasteiger partial charge in [0, 0.05) is 10.0 Å². The minimum Gasteiger partial charge on any atom is -0.497 e. The van der Waals surface area contributed by atoms with E-state index in [4.69, 9.17) is 4.74 Å². The van der Waals surface area contributed by atoms with Crippen LogP contribution in [0.25, 0.3) is 0 Å². The molecule has 0 radical (unpaired) electrons. The van der Waals surface area contributed by atoms with E-state index in [0.717, 1.165) is 6.21 Å². The number of benzene rings is 2. The summed E-state index contributed by atoms with van der Waals surface area (Å²) in [7, 11) is 1.54. The SMILES string of the molecule is COc1ccc(C2(C)NC(=O)N(/N=C/c3cc(Br)ccc3F)C2=O)cc1. The first-order chi connectivity index (χ1) is 12.3. The first-order valence-corrected chi connectivity index (χ1v) is 8.45. The number of urea groups is 1. The molecular formula is C18H15BrFN3O3. The third kappa shape index (κ3) is 3.20. The van der Waals surface area contributed by atoms with Crippen molar-refractivity contribution in [3.63, 3.8) is 0 Å². The number of hydrogen-bond donors (Lipinski definition) is 1. The van der Waals surface area contributed by atoms with Crippen LogP contribution in [0, 0.1) is 5.82 Å². The molecule has 1 aliphatic rings. The topological polar surface area (TPSA) is 71.0 Å². The summed E-state index contributed by atoms with van der Waals surface area (Å²) in [6.07, 6.45) is 1.14. The Morgan fingerprint density at radius 2 is 1.92 bits per heavy atom. The molecule has 3 amide bonds. The summed E-state index contributed by atoms with van der Waals surface area (Å²) in [5, 5.41) is 7.20. The van der Waals surface area contributed by atoms with Crippen LogP contribution in [0.4, 0.5) is 9.18 Å². The Kier molecular flexibility index (Phi) is 4.78. The quantitative estimate of drug-likeness (QED) is 0.609. The second kappa shape index (κ2) is 6.87. The van der Waals surface area contributed by atoms with Gasteiger partial charge in [0.05, 0.1) is 13.3 Å². The normalized spacial score (nSPS) is 19.9. The molecule has 1 unspecified atom stereocenters. The van der Waals surface area contributed by atoms with E-state index in [1.165, 1.54) is 19.2 Å². The molecule has 134 valence electrons. The fraction of sp³-hybridized carbons (Fsp3) is 0.167. The molecule has 0 saturated carbocycles. The lowest BCUT2D eigenvalue weighted by atomic mass is 9.92. The fourth-order valence-electron chi connectivity index (χ4n) is 2.58. The smallest absolute Gasteiger partial charge is 0.346 e. The second-order valence-corrected chi connectivity index (χ2v) is 6.73. The highest BCUT2D eigenvalue weighted by molar-refractivity contribution is 9.10. The van der Waals surface area contributed by atoms with Crippen LogP contribution < -0.4 is 10.1 Å². The van der Waals surface area contributed by atoms with Gasteiger partial charge in [-0.2, -0.15) is 5.10 Å². The van der Waals surface area contributed by atoms with Crippen molar-refractivity contribution in [2.24, 2.45) is 5.10 Å². The zero-order valence-corrected chi connectivity index (χ0v) is 15.6. The van der Waals surface area contributed by atoms with Crippen molar-refractivity contribution in [1.29, 1.82) is 0 Å². The molecule has 1 saturated heterocycles. The van der Waals surface area contributed by atoms with Crippen LogP contribution in [0.3, 0.4) is 0 Å². The van der Waals surface area contributed by atoms with Gasteiger partial charge in [-0.15, -0.1) is 5.01 Å². The zero-order chi connectivity index (χ0) is 18.9. The predicted octanol–water partition coefficient (Wildman–Crippen LogP) is 3.40. The Morgan fingerprint density at radius 3 is 2.58 bits per heavy atom. The maximum absolute atomic E-state index is 13.8. The minimum absolute atomic E-state index is 0.151. The third-order valence-corrected chi connectivity index (χ3v) is 4.60. The molecule has 1 aliphatic heterocycles. The molecule has 1 fully saturated rings. The second-order valence-electron chi connectivity index (χ2n) is 5.81. The molecule has 0 spiro atoms. The molecule has 8 heteroatoms. The first-order valence-electron chi connectivity index (χ1n) is 7.65. The summed E-state index contributed by atoms with van der Waals surface area (Å²) in [6, 6.07) is 10.4. The molecule has 6 nitrogen and oxygen atoms in total. The van der Waals surface area contributed by atoms with E-state index < -0.39 is 23.3 Å². The Balaban J connectivity index is 1.88. The average molecular weight is 420 g/mol. The number of carbonyl (C=O) groups is 2. The van der Waals surface area contributed by atoms with Crippen LogP contribution in [0.5, 0.6) is 5.75 Å². The highest BCUT2D eigenvalue weighted by atomic mass is 79.9. The molecule has 0 bridgehead atoms. The highest BCUT2D eigenvalue weighted by Crippen LogP contribution is 2.30. The van der Waals surface area contributed by atoms with Gasteiger partial charge in [-0.05, 0) is 42.8 Å². The number of halogens is 2. The van der Waals surface area contributed by atoms with Gasteiger partial charge in [0.15, 0.2) is 0 Å². The fourth-order valence-corrected chi connectivity index (χ4v) is 2.96. The maximum atomic E-state index is 13.8. The summed E-state index contributed by atoms with van der Waals surface area (Å²) >= 11 is 3.24. The van der Waals surface area contributed by atoms with Gasteiger partial charge in [-0.1, -0.05) is 28.1 Å². The third-order valence-electron chi connectivity index (χ3n) is 4.11. The minimum atomic E-state index is -1.27. The molecule has 2 aromatic rings. The Hall–Kier alpha value is -2.74. The summed E-state index contributed by atoms with van der Waals surface area (Å²) in [6.45, 7) is 1.59. The van der Waals surface area contributed by atoms with Crippen LogP contribution in [-0.2, 0) is 10.3 Å². The Labute approximate surface area is 157 Å². The number of carbonyl (C=O) groups excluding carboxylic acids is 2. The number of ether oxygens (including phenoxy) is 1. The van der Waals surface area contributed by atoms with E-state index in [1.54, 1.807) is 37.3 Å². The van der Waals surface area contributed by atoms with Gasteiger partial charge in [-0.3, -0.25) is 4.79 Å². The Bertz CT molecular complexity index is 901. The number of rotatable bonds is 4. The van der Waals surface area contributed by atoms with Crippen molar-refractivity contribution < 1.29 is 18.7 Å². The van der Waals surface area contributed by atoms with Crippen LogP contribution >= 0.6 is 15.9 Å². The van der Waals surface area contributed by atoms with Crippen molar-refractivity contribution in [1.82, 2.24) is 10.3 Å². The maximum Gasteiger partial charge on any atom is 0.346 e. The number of hydrazone groups is 1. The number of hydrogen-bond acceptors (Lipinski definition) is 4. The number of nitrogens with zero attached hydrogens (tertiary/aromatic N) is 2. The summed E-state index contributed by atoms with van der Waals surface area (Å²) in [4.78, 5) is 25.0. The number of nitrogens with one attached hydrogen (secondary N) is 1. The lowest BCUT2D eigenvalue weighted by Gasteiger charge is -2.21. The molecule has 3 rings (SSSR count). The highest BCUT2D eigenvalue weighted by Gasteiger charge is 2.49. The summed E-state index contributed by atoms with van der Waals surface area (Å²) < 4.78 is 19.5. The molecule has 1 N–H and O–H groups in total. The molecule has 0 aromatic heterocycles. The average Bonchev–Trinajstić information content (AvgIpc) is 2.86.